The number of aliphatic imine (C=N–C) groups is 1. The van der Waals surface area contributed by atoms with Gasteiger partial charge in [0, 0.05) is 7.05 Å². The second-order valence-corrected chi connectivity index (χ2v) is 1.47. The van der Waals surface area contributed by atoms with Crippen LogP contribution in [0.4, 0.5) is 0 Å². The zero-order valence-electron chi connectivity index (χ0n) is 6.07. The van der Waals surface area contributed by atoms with Gasteiger partial charge in [-0.1, -0.05) is 0 Å². The number of hydrazine groups is 1. The average Bonchev–Trinajstić information content (AvgIpc) is 1.90. The van der Waals surface area contributed by atoms with Crippen molar-refractivity contribution >= 4 is 6.02 Å². The van der Waals surface area contributed by atoms with E-state index in [1.807, 2.05) is 0 Å². The quantitative estimate of drug-likeness (QED) is 0.222. The fourth-order valence-corrected chi connectivity index (χ4v) is 0.438. The van der Waals surface area contributed by atoms with Gasteiger partial charge in [-0.3, -0.25) is 0 Å². The second kappa shape index (κ2) is 3.65. The van der Waals surface area contributed by atoms with Crippen LogP contribution in [0.1, 0.15) is 0 Å². The molecule has 0 saturated heterocycles. The molecule has 0 aliphatic rings. The molecule has 0 aliphatic carbocycles. The Hall–Kier alpha value is -1.33. The van der Waals surface area contributed by atoms with Crippen LogP contribution in [0.25, 0.3) is 0 Å². The minimum Gasteiger partial charge on any atom is -0.465 e. The number of amidine groups is 1. The van der Waals surface area contributed by atoms with Crippen LogP contribution < -0.4 is 0 Å². The van der Waals surface area contributed by atoms with Gasteiger partial charge in [0.25, 0.3) is 0 Å². The molecule has 0 bridgehead atoms. The molecule has 0 aromatic carbocycles. The van der Waals surface area contributed by atoms with Gasteiger partial charge >= 0.3 is 6.02 Å². The average molecular weight is 147 g/mol. The molecule has 6 heteroatoms. The van der Waals surface area contributed by atoms with E-state index in [1.165, 1.54) is 21.2 Å². The third-order valence-electron chi connectivity index (χ3n) is 0.896. The maximum Gasteiger partial charge on any atom is 0.346 e. The summed E-state index contributed by atoms with van der Waals surface area (Å²) in [4.78, 5) is 13.5. The van der Waals surface area contributed by atoms with Gasteiger partial charge in [0.2, 0.25) is 0 Å². The van der Waals surface area contributed by atoms with E-state index in [0.29, 0.717) is 5.01 Å². The summed E-state index contributed by atoms with van der Waals surface area (Å²) in [5, 5.41) is 10.1. The van der Waals surface area contributed by atoms with Gasteiger partial charge in [-0.05, 0) is 5.01 Å². The van der Waals surface area contributed by atoms with Crippen LogP contribution in [0, 0.1) is 10.1 Å². The van der Waals surface area contributed by atoms with Crippen molar-refractivity contribution in [3.63, 3.8) is 0 Å². The van der Waals surface area contributed by atoms with E-state index < -0.39 is 5.03 Å². The first-order chi connectivity index (χ1) is 4.63. The molecule has 58 valence electrons. The zero-order valence-corrected chi connectivity index (χ0v) is 6.07. The Morgan fingerprint density at radius 3 is 2.40 bits per heavy atom. The van der Waals surface area contributed by atoms with Crippen molar-refractivity contribution < 1.29 is 9.77 Å². The van der Waals surface area contributed by atoms with Gasteiger partial charge < -0.3 is 4.74 Å². The third kappa shape index (κ3) is 1.88. The normalized spacial score (nSPS) is 10.9. The fourth-order valence-electron chi connectivity index (χ4n) is 0.438. The van der Waals surface area contributed by atoms with Crippen LogP contribution in [0.5, 0.6) is 0 Å². The van der Waals surface area contributed by atoms with Crippen molar-refractivity contribution in [1.29, 1.82) is 0 Å². The summed E-state index contributed by atoms with van der Waals surface area (Å²) in [5.41, 5.74) is 0. The molecule has 0 spiro atoms. The predicted octanol–water partition coefficient (Wildman–Crippen LogP) is -0.258. The minimum absolute atomic E-state index is 0.0231. The Kier molecular flexibility index (Phi) is 3.16. The number of nitro groups is 1. The molecule has 0 atom stereocenters. The summed E-state index contributed by atoms with van der Waals surface area (Å²) >= 11 is 0. The Morgan fingerprint density at radius 2 is 2.30 bits per heavy atom. The molecule has 6 nitrogen and oxygen atoms in total. The highest BCUT2D eigenvalue weighted by Crippen LogP contribution is 1.87. The van der Waals surface area contributed by atoms with Crippen LogP contribution in [-0.4, -0.2) is 37.3 Å². The molecule has 0 N–H and O–H groups in total. The number of nitrogens with zero attached hydrogens (tertiary/aromatic N) is 3. The monoisotopic (exact) mass is 147 g/mol. The number of ether oxygens (including phenoxy) is 1. The highest BCUT2D eigenvalue weighted by Gasteiger charge is 2.14. The number of methoxy groups -OCH3 is 1. The van der Waals surface area contributed by atoms with Crippen molar-refractivity contribution in [3.8, 4) is 0 Å². The number of hydrogen-bond donors (Lipinski definition) is 0. The van der Waals surface area contributed by atoms with Crippen LogP contribution in [-0.2, 0) is 4.74 Å². The molecule has 0 radical (unpaired) electrons. The second-order valence-electron chi connectivity index (χ2n) is 1.47. The smallest absolute Gasteiger partial charge is 0.346 e. The Bertz CT molecular complexity index is 156. The lowest BCUT2D eigenvalue weighted by molar-refractivity contribution is -0.625. The van der Waals surface area contributed by atoms with E-state index in [-0.39, 0.29) is 6.02 Å². The van der Waals surface area contributed by atoms with Crippen LogP contribution in [0.15, 0.2) is 4.99 Å². The molecular weight excluding hydrogens is 138 g/mol. The number of hydrogen-bond acceptors (Lipinski definition) is 4. The van der Waals surface area contributed by atoms with Gasteiger partial charge in [-0.15, -0.1) is 0 Å². The molecule has 0 unspecified atom stereocenters. The van der Waals surface area contributed by atoms with Gasteiger partial charge in [-0.25, -0.2) is 15.1 Å². The van der Waals surface area contributed by atoms with Crippen LogP contribution >= 0.6 is 0 Å². The van der Waals surface area contributed by atoms with Crippen molar-refractivity contribution in [2.45, 2.75) is 0 Å². The summed E-state index contributed by atoms with van der Waals surface area (Å²) in [6.45, 7) is 0. The third-order valence-corrected chi connectivity index (χ3v) is 0.896. The number of rotatable bonds is 1. The van der Waals surface area contributed by atoms with Gasteiger partial charge in [-0.2, -0.15) is 0 Å². The first-order valence-electron chi connectivity index (χ1n) is 2.52. The summed E-state index contributed by atoms with van der Waals surface area (Å²) in [6, 6.07) is -0.0231. The molecule has 0 amide bonds. The van der Waals surface area contributed by atoms with E-state index in [2.05, 4.69) is 9.73 Å². The van der Waals surface area contributed by atoms with E-state index in [1.54, 1.807) is 0 Å². The van der Waals surface area contributed by atoms with Gasteiger partial charge in [0.05, 0.1) is 14.2 Å². The molecule has 0 aliphatic heterocycles. The largest absolute Gasteiger partial charge is 0.465 e. The zero-order chi connectivity index (χ0) is 8.15. The Balaban J connectivity index is 4.17. The first kappa shape index (κ1) is 8.67. The van der Waals surface area contributed by atoms with E-state index in [9.17, 15) is 10.1 Å². The first-order valence-corrected chi connectivity index (χ1v) is 2.52. The molecule has 0 heterocycles. The van der Waals surface area contributed by atoms with Gasteiger partial charge in [0.1, 0.15) is 0 Å². The molecule has 0 rings (SSSR count). The molecule has 0 saturated carbocycles. The molecular formula is C4H9N3O3. The fraction of sp³-hybridized carbons (Fsp3) is 0.750. The lowest BCUT2D eigenvalue weighted by Crippen LogP contribution is -2.33. The maximum absolute atomic E-state index is 10.0. The lowest BCUT2D eigenvalue weighted by Gasteiger charge is -2.07. The summed E-state index contributed by atoms with van der Waals surface area (Å²) in [6.07, 6.45) is 0. The van der Waals surface area contributed by atoms with E-state index in [0.717, 1.165) is 0 Å². The standard InChI is InChI=1S/C4H9N3O3/c1-5-4(10-3)6(2)7(8)9/h1-3H3. The predicted molar refractivity (Wildman–Crippen MR) is 35.1 cm³/mol. The van der Waals surface area contributed by atoms with Crippen LogP contribution in [0.2, 0.25) is 0 Å². The van der Waals surface area contributed by atoms with Crippen LogP contribution in [0.3, 0.4) is 0 Å². The molecule has 10 heavy (non-hydrogen) atoms. The summed E-state index contributed by atoms with van der Waals surface area (Å²) in [7, 11) is 3.99. The molecule has 0 fully saturated rings. The van der Waals surface area contributed by atoms with Crippen molar-refractivity contribution in [2.24, 2.45) is 4.99 Å². The highest BCUT2D eigenvalue weighted by molar-refractivity contribution is 5.71. The summed E-state index contributed by atoms with van der Waals surface area (Å²) in [5.74, 6) is 0. The Morgan fingerprint density at radius 1 is 1.80 bits per heavy atom. The molecule has 0 aromatic heterocycles. The lowest BCUT2D eigenvalue weighted by atomic mass is 11.0. The summed E-state index contributed by atoms with van der Waals surface area (Å²) < 4.78 is 4.56. The van der Waals surface area contributed by atoms with Crippen molar-refractivity contribution in [3.05, 3.63) is 10.1 Å². The highest BCUT2D eigenvalue weighted by atomic mass is 16.7. The van der Waals surface area contributed by atoms with Gasteiger partial charge in [0.15, 0.2) is 5.03 Å². The molecule has 0 aromatic rings. The Labute approximate surface area is 58.2 Å². The minimum atomic E-state index is -0.619. The maximum atomic E-state index is 10.0. The van der Waals surface area contributed by atoms with Crippen molar-refractivity contribution in [1.82, 2.24) is 5.01 Å². The van der Waals surface area contributed by atoms with E-state index >= 15 is 0 Å². The van der Waals surface area contributed by atoms with E-state index in [4.69, 9.17) is 0 Å². The SMILES string of the molecule is CN=C(OC)N(C)[N+](=O)[O-]. The topological polar surface area (TPSA) is 68.0 Å². The van der Waals surface area contributed by atoms with Crippen molar-refractivity contribution in [2.75, 3.05) is 21.2 Å².